The number of likely N-dealkylation sites (tertiary alicyclic amines) is 1. The molecule has 0 radical (unpaired) electrons. The first kappa shape index (κ1) is 16.0. The third-order valence-electron chi connectivity index (χ3n) is 4.66. The maximum atomic E-state index is 12.5. The van der Waals surface area contributed by atoms with Crippen molar-refractivity contribution in [1.82, 2.24) is 10.2 Å². The number of carbonyl (C=O) groups excluding carboxylic acids is 1. The second-order valence-corrected chi connectivity index (χ2v) is 6.60. The van der Waals surface area contributed by atoms with Crippen LogP contribution < -0.4 is 5.32 Å². The molecule has 1 fully saturated rings. The zero-order valence-electron chi connectivity index (χ0n) is 13.6. The van der Waals surface area contributed by atoms with Gasteiger partial charge in [0.2, 0.25) is 5.91 Å². The molecular formula is C18H28N2O. The lowest BCUT2D eigenvalue weighted by molar-refractivity contribution is -0.125. The Bertz CT molecular complexity index is 456. The Morgan fingerprint density at radius 1 is 1.33 bits per heavy atom. The fourth-order valence-electron chi connectivity index (χ4n) is 3.05. The van der Waals surface area contributed by atoms with Crippen molar-refractivity contribution in [2.75, 3.05) is 26.2 Å². The summed E-state index contributed by atoms with van der Waals surface area (Å²) in [7, 11) is 0. The molecule has 0 unspecified atom stereocenters. The van der Waals surface area contributed by atoms with Crippen molar-refractivity contribution in [3.8, 4) is 0 Å². The molecule has 0 aromatic heterocycles. The first-order chi connectivity index (χ1) is 10.0. The quantitative estimate of drug-likeness (QED) is 0.903. The SMILES string of the molecule is CCN1CCC[C@@H](CNC(=O)C(C)(C)c2ccccc2)C1. The van der Waals surface area contributed by atoms with E-state index < -0.39 is 5.41 Å². The van der Waals surface area contributed by atoms with Crippen LogP contribution in [0.4, 0.5) is 0 Å². The zero-order chi connectivity index (χ0) is 15.3. The molecule has 1 heterocycles. The minimum atomic E-state index is -0.472. The summed E-state index contributed by atoms with van der Waals surface area (Å²) in [4.78, 5) is 15.0. The summed E-state index contributed by atoms with van der Waals surface area (Å²) in [6.07, 6.45) is 2.47. The molecule has 1 aliphatic rings. The minimum absolute atomic E-state index is 0.127. The Labute approximate surface area is 128 Å². The van der Waals surface area contributed by atoms with Gasteiger partial charge in [-0.15, -0.1) is 0 Å². The number of rotatable bonds is 5. The van der Waals surface area contributed by atoms with Gasteiger partial charge < -0.3 is 10.2 Å². The third kappa shape index (κ3) is 4.07. The van der Waals surface area contributed by atoms with Crippen molar-refractivity contribution in [2.24, 2.45) is 5.92 Å². The third-order valence-corrected chi connectivity index (χ3v) is 4.66. The van der Waals surface area contributed by atoms with Crippen molar-refractivity contribution in [1.29, 1.82) is 0 Å². The molecule has 0 aliphatic carbocycles. The Hall–Kier alpha value is -1.35. The topological polar surface area (TPSA) is 32.3 Å². The van der Waals surface area contributed by atoms with E-state index in [9.17, 15) is 4.79 Å². The maximum absolute atomic E-state index is 12.5. The molecule has 3 heteroatoms. The van der Waals surface area contributed by atoms with E-state index >= 15 is 0 Å². The largest absolute Gasteiger partial charge is 0.355 e. The van der Waals surface area contributed by atoms with Crippen LogP contribution in [0.3, 0.4) is 0 Å². The Morgan fingerprint density at radius 3 is 2.71 bits per heavy atom. The molecule has 21 heavy (non-hydrogen) atoms. The number of piperidine rings is 1. The van der Waals surface area contributed by atoms with E-state index in [2.05, 4.69) is 17.1 Å². The summed E-state index contributed by atoms with van der Waals surface area (Å²) in [5.41, 5.74) is 0.599. The second kappa shape index (κ2) is 7.08. The van der Waals surface area contributed by atoms with E-state index in [-0.39, 0.29) is 5.91 Å². The van der Waals surface area contributed by atoms with E-state index in [4.69, 9.17) is 0 Å². The Balaban J connectivity index is 1.89. The van der Waals surface area contributed by atoms with Crippen molar-refractivity contribution in [3.05, 3.63) is 35.9 Å². The zero-order valence-corrected chi connectivity index (χ0v) is 13.6. The molecule has 1 aromatic rings. The van der Waals surface area contributed by atoms with Crippen LogP contribution in [0, 0.1) is 5.92 Å². The predicted molar refractivity (Wildman–Crippen MR) is 87.3 cm³/mol. The smallest absolute Gasteiger partial charge is 0.230 e. The highest BCUT2D eigenvalue weighted by molar-refractivity contribution is 5.87. The summed E-state index contributed by atoms with van der Waals surface area (Å²) in [6.45, 7) is 10.4. The summed E-state index contributed by atoms with van der Waals surface area (Å²) >= 11 is 0. The number of nitrogens with zero attached hydrogens (tertiary/aromatic N) is 1. The highest BCUT2D eigenvalue weighted by atomic mass is 16.2. The molecule has 1 atom stereocenters. The molecule has 1 saturated heterocycles. The van der Waals surface area contributed by atoms with Crippen molar-refractivity contribution in [2.45, 2.75) is 39.0 Å². The summed E-state index contributed by atoms with van der Waals surface area (Å²) < 4.78 is 0. The number of hydrogen-bond acceptors (Lipinski definition) is 2. The lowest BCUT2D eigenvalue weighted by atomic mass is 9.83. The Kier molecular flexibility index (Phi) is 5.40. The lowest BCUT2D eigenvalue weighted by Crippen LogP contribution is -2.45. The molecule has 116 valence electrons. The molecular weight excluding hydrogens is 260 g/mol. The van der Waals surface area contributed by atoms with Crippen molar-refractivity contribution < 1.29 is 4.79 Å². The molecule has 1 N–H and O–H groups in total. The van der Waals surface area contributed by atoms with Gasteiger partial charge in [0, 0.05) is 13.1 Å². The number of carbonyl (C=O) groups is 1. The minimum Gasteiger partial charge on any atom is -0.355 e. The molecule has 1 aliphatic heterocycles. The molecule has 3 nitrogen and oxygen atoms in total. The number of amides is 1. The van der Waals surface area contributed by atoms with Crippen LogP contribution in [0.2, 0.25) is 0 Å². The predicted octanol–water partition coefficient (Wildman–Crippen LogP) is 2.81. The summed E-state index contributed by atoms with van der Waals surface area (Å²) in [6, 6.07) is 10.0. The van der Waals surface area contributed by atoms with Crippen LogP contribution in [0.25, 0.3) is 0 Å². The van der Waals surface area contributed by atoms with Gasteiger partial charge in [-0.3, -0.25) is 4.79 Å². The average molecular weight is 288 g/mol. The van der Waals surface area contributed by atoms with Gasteiger partial charge in [0.25, 0.3) is 0 Å². The van der Waals surface area contributed by atoms with Gasteiger partial charge in [0.1, 0.15) is 0 Å². The van der Waals surface area contributed by atoms with Gasteiger partial charge in [0.15, 0.2) is 0 Å². The first-order valence-electron chi connectivity index (χ1n) is 8.10. The van der Waals surface area contributed by atoms with Gasteiger partial charge in [0.05, 0.1) is 5.41 Å². The molecule has 1 amide bonds. The van der Waals surface area contributed by atoms with Gasteiger partial charge in [-0.05, 0) is 51.3 Å². The van der Waals surface area contributed by atoms with Gasteiger partial charge in [-0.2, -0.15) is 0 Å². The highest BCUT2D eigenvalue weighted by Gasteiger charge is 2.30. The molecule has 2 rings (SSSR count). The highest BCUT2D eigenvalue weighted by Crippen LogP contribution is 2.23. The van der Waals surface area contributed by atoms with E-state index in [1.807, 2.05) is 44.2 Å². The summed E-state index contributed by atoms with van der Waals surface area (Å²) in [5.74, 6) is 0.719. The monoisotopic (exact) mass is 288 g/mol. The average Bonchev–Trinajstić information content (AvgIpc) is 2.53. The lowest BCUT2D eigenvalue weighted by Gasteiger charge is -2.33. The number of nitrogens with one attached hydrogen (secondary N) is 1. The van der Waals surface area contributed by atoms with Crippen LogP contribution in [0.5, 0.6) is 0 Å². The fraction of sp³-hybridized carbons (Fsp3) is 0.611. The maximum Gasteiger partial charge on any atom is 0.230 e. The van der Waals surface area contributed by atoms with Crippen LogP contribution in [0.1, 0.15) is 39.2 Å². The fourth-order valence-corrected chi connectivity index (χ4v) is 3.05. The second-order valence-electron chi connectivity index (χ2n) is 6.60. The van der Waals surface area contributed by atoms with E-state index in [0.717, 1.165) is 25.2 Å². The van der Waals surface area contributed by atoms with Crippen LogP contribution in [-0.2, 0) is 10.2 Å². The van der Waals surface area contributed by atoms with Crippen LogP contribution in [0.15, 0.2) is 30.3 Å². The summed E-state index contributed by atoms with van der Waals surface area (Å²) in [5, 5.41) is 3.17. The van der Waals surface area contributed by atoms with Crippen LogP contribution >= 0.6 is 0 Å². The van der Waals surface area contributed by atoms with Crippen LogP contribution in [-0.4, -0.2) is 37.0 Å². The Morgan fingerprint density at radius 2 is 2.05 bits per heavy atom. The number of benzene rings is 1. The van der Waals surface area contributed by atoms with Gasteiger partial charge in [-0.25, -0.2) is 0 Å². The standard InChI is InChI=1S/C18H28N2O/c1-4-20-12-8-9-15(14-20)13-19-17(21)18(2,3)16-10-6-5-7-11-16/h5-7,10-11,15H,4,8-9,12-14H2,1-3H3,(H,19,21)/t15-/m0/s1. The molecule has 0 spiro atoms. The van der Waals surface area contributed by atoms with Gasteiger partial charge in [-0.1, -0.05) is 37.3 Å². The first-order valence-corrected chi connectivity index (χ1v) is 8.10. The van der Waals surface area contributed by atoms with E-state index in [1.54, 1.807) is 0 Å². The van der Waals surface area contributed by atoms with Crippen molar-refractivity contribution in [3.63, 3.8) is 0 Å². The number of hydrogen-bond donors (Lipinski definition) is 1. The van der Waals surface area contributed by atoms with Crippen molar-refractivity contribution >= 4 is 5.91 Å². The molecule has 1 aromatic carbocycles. The van der Waals surface area contributed by atoms with E-state index in [1.165, 1.54) is 19.4 Å². The molecule has 0 saturated carbocycles. The van der Waals surface area contributed by atoms with Gasteiger partial charge >= 0.3 is 0 Å². The van der Waals surface area contributed by atoms with E-state index in [0.29, 0.717) is 5.92 Å². The normalized spacial score (nSPS) is 20.2. The molecule has 0 bridgehead atoms.